The molecule has 12 aromatic rings. The third-order valence-corrected chi connectivity index (χ3v) is 14.1. The Morgan fingerprint density at radius 2 is 0.568 bits per heavy atom. The molecule has 4 N–H and O–H groups in total. The van der Waals surface area contributed by atoms with E-state index in [2.05, 4.69) is 191 Å². The molecule has 0 fully saturated rings. The van der Waals surface area contributed by atoms with E-state index in [9.17, 15) is 4.21 Å². The molecular formula is C68H59ClN12O13S. The van der Waals surface area contributed by atoms with Crippen molar-refractivity contribution in [3.05, 3.63) is 257 Å². The van der Waals surface area contributed by atoms with Crippen LogP contribution >= 0.6 is 11.6 Å². The average molecular weight is 1320 g/mol. The summed E-state index contributed by atoms with van der Waals surface area (Å²) in [5.41, 5.74) is 17.2. The molecular weight excluding hydrogens is 1260 g/mol. The van der Waals surface area contributed by atoms with Gasteiger partial charge in [0.05, 0.1) is 0 Å². The number of benzene rings is 8. The topological polar surface area (TPSA) is 357 Å². The van der Waals surface area contributed by atoms with Crippen LogP contribution in [0, 0.1) is 20.8 Å². The molecule has 0 radical (unpaired) electrons. The standard InChI is InChI=1S/C16H14ClN3O.C16H15N3O2S.2C16H15N3O.4CO2/c1-11-2-5-14(8-15(11)17)13-6-3-12(4-7-13)10-21-16-9-18-20-19-16;1-22(20)15-8-6-14(7-9-15)13-4-2-12(3-5-13)11-21-16-10-17-19-18-16;2*1-12-2-6-14(7-3-12)15-8-4-13(5-9-15)11-20-16-10-17-19-18-16;4*2-1-3/h2-9H,10H2,1H3,(H,18,19,20);2-10H,11H2,1H3,(H,17,18,19);2*2-10H,11H2,1H3,(H,17,18,19);;;;. The van der Waals surface area contributed by atoms with Crippen molar-refractivity contribution in [1.29, 1.82) is 0 Å². The van der Waals surface area contributed by atoms with Gasteiger partial charge in [-0.05, 0) is 111 Å². The van der Waals surface area contributed by atoms with Crippen LogP contribution in [0.5, 0.6) is 23.5 Å². The Hall–Kier alpha value is -12.5. The number of nitrogens with zero attached hydrogens (tertiary/aromatic N) is 8. The number of ether oxygens (including phenoxy) is 4. The highest BCUT2D eigenvalue weighted by atomic mass is 35.5. The smallest absolute Gasteiger partial charge is 0.373 e. The second kappa shape index (κ2) is 41.7. The second-order valence-corrected chi connectivity index (χ2v) is 21.0. The molecule has 1 atom stereocenters. The fourth-order valence-electron chi connectivity index (χ4n) is 7.95. The summed E-state index contributed by atoms with van der Waals surface area (Å²) in [6.45, 7) is 8.06. The average Bonchev–Trinajstić information content (AvgIpc) is 1.22. The van der Waals surface area contributed by atoms with Crippen molar-refractivity contribution in [3.8, 4) is 68.0 Å². The monoisotopic (exact) mass is 1320 g/mol. The van der Waals surface area contributed by atoms with Crippen LogP contribution in [0.1, 0.15) is 38.9 Å². The largest absolute Gasteiger partial charge is 0.471 e. The Morgan fingerprint density at radius 3 is 0.789 bits per heavy atom. The Balaban J connectivity index is 0.000000217. The normalized spacial score (nSPS) is 9.86. The maximum absolute atomic E-state index is 11.4. The van der Waals surface area contributed by atoms with Crippen molar-refractivity contribution < 1.29 is 61.5 Å². The molecule has 0 aliphatic rings. The third kappa shape index (κ3) is 26.8. The van der Waals surface area contributed by atoms with Gasteiger partial charge in [0.25, 0.3) is 23.5 Å². The number of rotatable bonds is 17. The Morgan fingerprint density at radius 1 is 0.347 bits per heavy atom. The van der Waals surface area contributed by atoms with Crippen molar-refractivity contribution in [2.45, 2.75) is 52.1 Å². The van der Waals surface area contributed by atoms with Crippen LogP contribution in [0.25, 0.3) is 44.5 Å². The zero-order valence-corrected chi connectivity index (χ0v) is 52.8. The van der Waals surface area contributed by atoms with E-state index >= 15 is 0 Å². The highest BCUT2D eigenvalue weighted by Crippen LogP contribution is 2.27. The number of aromatic nitrogens is 12. The van der Waals surface area contributed by atoms with Gasteiger partial charge in [-0.3, -0.25) is 4.21 Å². The molecule has 8 aromatic carbocycles. The van der Waals surface area contributed by atoms with Crippen LogP contribution in [-0.4, -0.2) is 96.7 Å². The summed E-state index contributed by atoms with van der Waals surface area (Å²) >= 11 is 6.17. The van der Waals surface area contributed by atoms with Gasteiger partial charge in [-0.2, -0.15) is 79.6 Å². The lowest BCUT2D eigenvalue weighted by Gasteiger charge is -2.06. The summed E-state index contributed by atoms with van der Waals surface area (Å²) in [4.78, 5) is 65.8. The van der Waals surface area contributed by atoms with E-state index in [0.717, 1.165) is 60.0 Å². The molecule has 0 aliphatic carbocycles. The molecule has 0 spiro atoms. The quantitative estimate of drug-likeness (QED) is 0.0658. The van der Waals surface area contributed by atoms with Gasteiger partial charge in [-0.1, -0.05) is 193 Å². The van der Waals surface area contributed by atoms with Crippen molar-refractivity contribution in [2.75, 3.05) is 6.26 Å². The number of hydrogen-bond donors (Lipinski definition) is 4. The summed E-state index contributed by atoms with van der Waals surface area (Å²) in [5.74, 6) is 1.98. The highest BCUT2D eigenvalue weighted by Gasteiger charge is 2.07. The van der Waals surface area contributed by atoms with Crippen LogP contribution in [0.4, 0.5) is 0 Å². The number of aromatic amines is 4. The first-order valence-electron chi connectivity index (χ1n) is 27.8. The minimum absolute atomic E-state index is 0.250. The summed E-state index contributed by atoms with van der Waals surface area (Å²) < 4.78 is 33.3. The van der Waals surface area contributed by atoms with E-state index in [1.54, 1.807) is 24.8 Å². The highest BCUT2D eigenvalue weighted by molar-refractivity contribution is 7.84. The van der Waals surface area contributed by atoms with Gasteiger partial charge in [0.1, 0.15) is 51.2 Å². The Kier molecular flexibility index (Phi) is 32.1. The SMILES string of the molecule is CS(=O)c1ccc(-c2ccc(COc3cn[nH]n3)cc2)cc1.Cc1ccc(-c2ccc(COc3cn[nH]n3)cc2)cc1.Cc1ccc(-c2ccc(COc3cn[nH]n3)cc2)cc1.Cc1ccc(-c2ccc(COc3cn[nH]n3)cc2)cc1Cl.O=C=O.O=C=O.O=C=O.O=C=O. The lowest BCUT2D eigenvalue weighted by atomic mass is 10.0. The van der Waals surface area contributed by atoms with Crippen molar-refractivity contribution in [3.63, 3.8) is 0 Å². The molecule has 27 heteroatoms. The first kappa shape index (κ1) is 73.2. The molecule has 12 rings (SSSR count). The van der Waals surface area contributed by atoms with Gasteiger partial charge < -0.3 is 18.9 Å². The van der Waals surface area contributed by atoms with E-state index in [0.29, 0.717) is 49.9 Å². The first-order valence-corrected chi connectivity index (χ1v) is 29.8. The number of carbonyl (C=O) groups excluding carboxylic acids is 8. The van der Waals surface area contributed by atoms with E-state index in [4.69, 9.17) is 68.9 Å². The van der Waals surface area contributed by atoms with Gasteiger partial charge in [0.2, 0.25) is 0 Å². The van der Waals surface area contributed by atoms with Gasteiger partial charge >= 0.3 is 24.6 Å². The predicted molar refractivity (Wildman–Crippen MR) is 342 cm³/mol. The molecule has 482 valence electrons. The molecule has 0 aliphatic heterocycles. The zero-order valence-electron chi connectivity index (χ0n) is 51.2. The van der Waals surface area contributed by atoms with Crippen molar-refractivity contribution >= 4 is 47.0 Å². The van der Waals surface area contributed by atoms with Crippen LogP contribution in [-0.2, 0) is 75.6 Å². The molecule has 0 saturated heterocycles. The summed E-state index contributed by atoms with van der Waals surface area (Å²) in [6.07, 6.45) is 8.87. The minimum atomic E-state index is -0.945. The van der Waals surface area contributed by atoms with Gasteiger partial charge in [0.15, 0.2) is 0 Å². The zero-order chi connectivity index (χ0) is 68.4. The molecule has 1 unspecified atom stereocenters. The lowest BCUT2D eigenvalue weighted by molar-refractivity contribution is -0.193. The first-order chi connectivity index (χ1) is 46.2. The maximum Gasteiger partial charge on any atom is 0.373 e. The number of halogens is 1. The molecule has 95 heavy (non-hydrogen) atoms. The van der Waals surface area contributed by atoms with E-state index in [-0.39, 0.29) is 24.6 Å². The van der Waals surface area contributed by atoms with Gasteiger partial charge in [-0.15, -0.1) is 20.4 Å². The van der Waals surface area contributed by atoms with Crippen LogP contribution in [0.3, 0.4) is 0 Å². The summed E-state index contributed by atoms with van der Waals surface area (Å²) in [7, 11) is -0.945. The van der Waals surface area contributed by atoms with Crippen LogP contribution < -0.4 is 18.9 Å². The fraction of sp³-hybridized carbons (Fsp3) is 0.118. The predicted octanol–water partition coefficient (Wildman–Crippen LogP) is 11.2. The van der Waals surface area contributed by atoms with Gasteiger partial charge in [-0.25, -0.2) is 0 Å². The molecule has 0 bridgehead atoms. The third-order valence-electron chi connectivity index (χ3n) is 12.7. The number of hydrogen-bond acceptors (Lipinski definition) is 21. The van der Waals surface area contributed by atoms with Crippen molar-refractivity contribution in [2.24, 2.45) is 0 Å². The van der Waals surface area contributed by atoms with Gasteiger partial charge in [0, 0.05) is 27.0 Å². The number of nitrogens with one attached hydrogen (secondary N) is 4. The molecule has 25 nitrogen and oxygen atoms in total. The molecule has 4 aromatic heterocycles. The van der Waals surface area contributed by atoms with E-state index in [1.165, 1.54) is 39.6 Å². The maximum atomic E-state index is 11.4. The van der Waals surface area contributed by atoms with Crippen LogP contribution in [0.15, 0.2) is 218 Å². The molecule has 0 amide bonds. The van der Waals surface area contributed by atoms with E-state index < -0.39 is 10.8 Å². The summed E-state index contributed by atoms with van der Waals surface area (Å²) in [5, 5.41) is 41.0. The number of H-pyrrole nitrogens is 4. The molecule has 4 heterocycles. The fourth-order valence-corrected chi connectivity index (χ4v) is 8.65. The summed E-state index contributed by atoms with van der Waals surface area (Å²) in [6, 6.07) is 63.8. The number of aryl methyl sites for hydroxylation is 3. The van der Waals surface area contributed by atoms with Crippen LogP contribution in [0.2, 0.25) is 5.02 Å². The molecule has 0 saturated carbocycles. The van der Waals surface area contributed by atoms with E-state index in [1.807, 2.05) is 79.7 Å². The second-order valence-electron chi connectivity index (χ2n) is 19.2. The lowest BCUT2D eigenvalue weighted by Crippen LogP contribution is -1.95. The Bertz CT molecular complexity index is 4090. The minimum Gasteiger partial charge on any atom is -0.471 e. The van der Waals surface area contributed by atoms with Crippen molar-refractivity contribution in [1.82, 2.24) is 61.6 Å². The Labute approximate surface area is 550 Å².